The van der Waals surface area contributed by atoms with Crippen molar-refractivity contribution >= 4 is 28.9 Å². The number of carbonyl (C=O) groups is 1. The molecule has 0 unspecified atom stereocenters. The Hall–Kier alpha value is -1.69. The lowest BCUT2D eigenvalue weighted by Crippen LogP contribution is -2.37. The third-order valence-electron chi connectivity index (χ3n) is 2.52. The molecule has 0 atom stereocenters. The third-order valence-corrected chi connectivity index (χ3v) is 2.73. The Labute approximate surface area is 113 Å². The van der Waals surface area contributed by atoms with Crippen LogP contribution in [-0.4, -0.2) is 48.0 Å². The van der Waals surface area contributed by atoms with Gasteiger partial charge in [-0.15, -0.1) is 0 Å². The van der Waals surface area contributed by atoms with E-state index in [1.54, 1.807) is 25.1 Å². The van der Waals surface area contributed by atoms with Crippen molar-refractivity contribution in [3.63, 3.8) is 0 Å². The van der Waals surface area contributed by atoms with Gasteiger partial charge in [0.1, 0.15) is 10.8 Å². The van der Waals surface area contributed by atoms with Gasteiger partial charge in [0.2, 0.25) is 5.91 Å². The van der Waals surface area contributed by atoms with Crippen LogP contribution in [0.15, 0.2) is 18.2 Å². The van der Waals surface area contributed by atoms with Crippen LogP contribution >= 0.6 is 12.2 Å². The number of hydrogen-bond donors (Lipinski definition) is 1. The summed E-state index contributed by atoms with van der Waals surface area (Å²) in [7, 11) is 3.46. The van der Waals surface area contributed by atoms with Crippen molar-refractivity contribution in [3.05, 3.63) is 23.9 Å². The first-order valence-corrected chi connectivity index (χ1v) is 6.08. The number of likely N-dealkylation sites (N-methyl/N-ethyl adjacent to an activating group) is 2. The predicted octanol–water partition coefficient (Wildman–Crippen LogP) is 0.630. The molecule has 0 aliphatic carbocycles. The number of hydrogen-bond acceptors (Lipinski definition) is 4. The van der Waals surface area contributed by atoms with E-state index in [4.69, 9.17) is 18.0 Å². The monoisotopic (exact) mass is 266 g/mol. The summed E-state index contributed by atoms with van der Waals surface area (Å²) >= 11 is 4.90. The molecule has 0 saturated heterocycles. The number of thiocarbonyl (C=S) groups is 1. The Morgan fingerprint density at radius 1 is 1.44 bits per heavy atom. The molecule has 1 aromatic heterocycles. The smallest absolute Gasteiger partial charge is 0.241 e. The Bertz CT molecular complexity index is 447. The summed E-state index contributed by atoms with van der Waals surface area (Å²) in [5, 5.41) is 0. The zero-order chi connectivity index (χ0) is 13.7. The quantitative estimate of drug-likeness (QED) is 0.792. The average Bonchev–Trinajstić information content (AvgIpc) is 2.35. The molecule has 1 heterocycles. The average molecular weight is 266 g/mol. The zero-order valence-corrected chi connectivity index (χ0v) is 11.7. The number of nitrogens with two attached hydrogens (primary N) is 1. The minimum Gasteiger partial charge on any atom is -0.388 e. The van der Waals surface area contributed by atoms with Crippen molar-refractivity contribution < 1.29 is 4.79 Å². The molecule has 0 fully saturated rings. The molecular weight excluding hydrogens is 248 g/mol. The van der Waals surface area contributed by atoms with Gasteiger partial charge in [-0.05, 0) is 19.1 Å². The Morgan fingerprint density at radius 3 is 2.61 bits per heavy atom. The van der Waals surface area contributed by atoms with E-state index in [9.17, 15) is 4.79 Å². The minimum atomic E-state index is 0.0272. The molecule has 0 aromatic carbocycles. The van der Waals surface area contributed by atoms with E-state index in [-0.39, 0.29) is 17.4 Å². The van der Waals surface area contributed by atoms with Crippen molar-refractivity contribution in [2.75, 3.05) is 32.1 Å². The van der Waals surface area contributed by atoms with Gasteiger partial charge in [-0.3, -0.25) is 4.79 Å². The second-order valence-electron chi connectivity index (χ2n) is 4.05. The molecule has 0 saturated carbocycles. The van der Waals surface area contributed by atoms with Crippen LogP contribution in [0.3, 0.4) is 0 Å². The standard InChI is InChI=1S/C12H18N4OS/c1-4-16(8-11(17)15(2)3)10-7-5-6-9(14-10)12(13)18/h5-7H,4,8H2,1-3H3,(H2,13,18). The van der Waals surface area contributed by atoms with E-state index < -0.39 is 0 Å². The second kappa shape index (κ2) is 6.30. The van der Waals surface area contributed by atoms with Gasteiger partial charge in [0.05, 0.1) is 12.2 Å². The van der Waals surface area contributed by atoms with Crippen molar-refractivity contribution in [1.29, 1.82) is 0 Å². The van der Waals surface area contributed by atoms with E-state index in [1.165, 1.54) is 0 Å². The summed E-state index contributed by atoms with van der Waals surface area (Å²) < 4.78 is 0. The van der Waals surface area contributed by atoms with Gasteiger partial charge in [0, 0.05) is 20.6 Å². The molecule has 0 radical (unpaired) electrons. The van der Waals surface area contributed by atoms with E-state index in [0.717, 1.165) is 0 Å². The molecule has 0 aliphatic rings. The number of pyridine rings is 1. The molecule has 98 valence electrons. The van der Waals surface area contributed by atoms with Crippen molar-refractivity contribution in [3.8, 4) is 0 Å². The van der Waals surface area contributed by atoms with Crippen molar-refractivity contribution in [2.45, 2.75) is 6.92 Å². The molecule has 1 aromatic rings. The highest BCUT2D eigenvalue weighted by Gasteiger charge is 2.13. The zero-order valence-electron chi connectivity index (χ0n) is 10.9. The van der Waals surface area contributed by atoms with Crippen LogP contribution in [0.5, 0.6) is 0 Å². The molecule has 5 nitrogen and oxygen atoms in total. The summed E-state index contributed by atoms with van der Waals surface area (Å²) in [6.45, 7) is 2.95. The lowest BCUT2D eigenvalue weighted by atomic mass is 10.3. The number of carbonyl (C=O) groups excluding carboxylic acids is 1. The first-order chi connectivity index (χ1) is 8.45. The minimum absolute atomic E-state index is 0.0272. The molecule has 0 aliphatic heterocycles. The topological polar surface area (TPSA) is 62.5 Å². The van der Waals surface area contributed by atoms with Crippen LogP contribution in [-0.2, 0) is 4.79 Å². The Morgan fingerprint density at radius 2 is 2.11 bits per heavy atom. The lowest BCUT2D eigenvalue weighted by molar-refractivity contribution is -0.127. The number of amides is 1. The van der Waals surface area contributed by atoms with E-state index in [2.05, 4.69) is 4.98 Å². The van der Waals surface area contributed by atoms with Gasteiger partial charge in [-0.2, -0.15) is 0 Å². The molecule has 18 heavy (non-hydrogen) atoms. The molecule has 0 spiro atoms. The number of nitrogens with zero attached hydrogens (tertiary/aromatic N) is 3. The van der Waals surface area contributed by atoms with E-state index >= 15 is 0 Å². The highest BCUT2D eigenvalue weighted by molar-refractivity contribution is 7.80. The molecule has 1 amide bonds. The molecule has 2 N–H and O–H groups in total. The normalized spacial score (nSPS) is 9.94. The fourth-order valence-electron chi connectivity index (χ4n) is 1.40. The van der Waals surface area contributed by atoms with Gasteiger partial charge in [0.25, 0.3) is 0 Å². The fraction of sp³-hybridized carbons (Fsp3) is 0.417. The van der Waals surface area contributed by atoms with Crippen LogP contribution in [0.2, 0.25) is 0 Å². The number of anilines is 1. The summed E-state index contributed by atoms with van der Waals surface area (Å²) in [5.41, 5.74) is 6.12. The van der Waals surface area contributed by atoms with Gasteiger partial charge in [0.15, 0.2) is 0 Å². The van der Waals surface area contributed by atoms with Gasteiger partial charge in [-0.25, -0.2) is 4.98 Å². The largest absolute Gasteiger partial charge is 0.388 e. The molecule has 6 heteroatoms. The van der Waals surface area contributed by atoms with E-state index in [1.807, 2.05) is 24.0 Å². The highest BCUT2D eigenvalue weighted by Crippen LogP contribution is 2.11. The molecular formula is C12H18N4OS. The first kappa shape index (κ1) is 14.4. The predicted molar refractivity (Wildman–Crippen MR) is 76.7 cm³/mol. The summed E-state index contributed by atoms with van der Waals surface area (Å²) in [5.74, 6) is 0.734. The van der Waals surface area contributed by atoms with Crippen molar-refractivity contribution in [2.24, 2.45) is 5.73 Å². The first-order valence-electron chi connectivity index (χ1n) is 5.67. The highest BCUT2D eigenvalue weighted by atomic mass is 32.1. The molecule has 0 bridgehead atoms. The van der Waals surface area contributed by atoms with Crippen molar-refractivity contribution in [1.82, 2.24) is 9.88 Å². The van der Waals surface area contributed by atoms with Gasteiger partial charge < -0.3 is 15.5 Å². The van der Waals surface area contributed by atoms with Gasteiger partial charge >= 0.3 is 0 Å². The summed E-state index contributed by atoms with van der Waals surface area (Å²) in [4.78, 5) is 19.7. The van der Waals surface area contributed by atoms with Gasteiger partial charge in [-0.1, -0.05) is 18.3 Å². The summed E-state index contributed by atoms with van der Waals surface area (Å²) in [6.07, 6.45) is 0. The Kier molecular flexibility index (Phi) is 5.03. The van der Waals surface area contributed by atoms with Crippen LogP contribution in [0.25, 0.3) is 0 Å². The number of rotatable bonds is 5. The van der Waals surface area contributed by atoms with Crippen LogP contribution in [0.1, 0.15) is 12.6 Å². The second-order valence-corrected chi connectivity index (χ2v) is 4.49. The van der Waals surface area contributed by atoms with Crippen LogP contribution in [0, 0.1) is 0 Å². The van der Waals surface area contributed by atoms with E-state index in [0.29, 0.717) is 18.1 Å². The maximum absolute atomic E-state index is 11.7. The maximum atomic E-state index is 11.7. The summed E-state index contributed by atoms with van der Waals surface area (Å²) in [6, 6.07) is 5.43. The fourth-order valence-corrected chi connectivity index (χ4v) is 1.51. The number of aromatic nitrogens is 1. The SMILES string of the molecule is CCN(CC(=O)N(C)C)c1cccc(C(N)=S)n1. The molecule has 1 rings (SSSR count). The lowest BCUT2D eigenvalue weighted by Gasteiger charge is -2.23. The van der Waals surface area contributed by atoms with Crippen LogP contribution in [0.4, 0.5) is 5.82 Å². The third kappa shape index (κ3) is 3.66. The Balaban J connectivity index is 2.91. The van der Waals surface area contributed by atoms with Crippen LogP contribution < -0.4 is 10.6 Å². The maximum Gasteiger partial charge on any atom is 0.241 e.